The predicted octanol–water partition coefficient (Wildman–Crippen LogP) is 9.39. The lowest BCUT2D eigenvalue weighted by Gasteiger charge is -2.51. The van der Waals surface area contributed by atoms with E-state index < -0.39 is 0 Å². The van der Waals surface area contributed by atoms with Crippen molar-refractivity contribution in [1.29, 1.82) is 5.26 Å². The highest BCUT2D eigenvalue weighted by Crippen LogP contribution is 2.56. The van der Waals surface area contributed by atoms with Crippen LogP contribution in [0.15, 0.2) is 91.0 Å². The molecular weight excluding hydrogens is 512 g/mol. The van der Waals surface area contributed by atoms with Gasteiger partial charge in [-0.2, -0.15) is 5.26 Å². The van der Waals surface area contributed by atoms with E-state index in [0.29, 0.717) is 23.0 Å². The molecule has 4 nitrogen and oxygen atoms in total. The zero-order chi connectivity index (χ0) is 28.7. The fourth-order valence-corrected chi connectivity index (χ4v) is 8.14. The molecule has 4 atom stereocenters. The van der Waals surface area contributed by atoms with E-state index in [4.69, 9.17) is 15.0 Å². The number of nitrogens with zero attached hydrogens (tertiary/aromatic N) is 4. The zero-order valence-electron chi connectivity index (χ0n) is 24.4. The van der Waals surface area contributed by atoms with Crippen molar-refractivity contribution in [3.05, 3.63) is 102 Å². The Morgan fingerprint density at radius 3 is 2.05 bits per heavy atom. The van der Waals surface area contributed by atoms with Gasteiger partial charge in [0.1, 0.15) is 0 Å². The van der Waals surface area contributed by atoms with Crippen LogP contribution in [-0.4, -0.2) is 15.0 Å². The minimum Gasteiger partial charge on any atom is -0.208 e. The number of rotatable bonds is 5. The summed E-state index contributed by atoms with van der Waals surface area (Å²) < 4.78 is 0. The van der Waals surface area contributed by atoms with Crippen LogP contribution in [0.2, 0.25) is 0 Å². The molecule has 2 bridgehead atoms. The number of hydrogen-bond acceptors (Lipinski definition) is 4. The van der Waals surface area contributed by atoms with Crippen molar-refractivity contribution < 1.29 is 0 Å². The molecule has 0 saturated heterocycles. The number of benzene rings is 4. The van der Waals surface area contributed by atoms with Gasteiger partial charge in [0.25, 0.3) is 0 Å². The first-order valence-electron chi connectivity index (χ1n) is 15.4. The highest BCUT2D eigenvalue weighted by Gasteiger charge is 2.46. The molecule has 0 N–H and O–H groups in total. The van der Waals surface area contributed by atoms with E-state index in [-0.39, 0.29) is 5.41 Å². The quantitative estimate of drug-likeness (QED) is 0.219. The average molecular weight is 549 g/mol. The monoisotopic (exact) mass is 548 g/mol. The standard InChI is InChI=1S/C38H36N4/c1-3-26-19-28-18-25(2)21-38(22-26,23-28)34-17-16-32(33-20-27(24-39)14-15-31(33)34)37-41-35(29-10-6-4-7-11-29)40-36(42-37)30-12-8-5-9-13-30/h4-17,20,25-26,28H,3,18-19,21-23H2,1-2H3/t25-,26+,28-,38?/m0/s1. The normalized spacial score (nSPS) is 23.4. The molecule has 0 radical (unpaired) electrons. The van der Waals surface area contributed by atoms with Gasteiger partial charge < -0.3 is 0 Å². The summed E-state index contributed by atoms with van der Waals surface area (Å²) in [4.78, 5) is 15.0. The Bertz CT molecular complexity index is 1730. The van der Waals surface area contributed by atoms with Gasteiger partial charge in [0, 0.05) is 16.7 Å². The van der Waals surface area contributed by atoms with E-state index in [0.717, 1.165) is 39.8 Å². The van der Waals surface area contributed by atoms with Gasteiger partial charge in [-0.05, 0) is 83.7 Å². The molecule has 4 aromatic carbocycles. The second-order valence-electron chi connectivity index (χ2n) is 12.7. The molecule has 0 aliphatic heterocycles. The van der Waals surface area contributed by atoms with Gasteiger partial charge in [-0.15, -0.1) is 0 Å². The maximum Gasteiger partial charge on any atom is 0.164 e. The summed E-state index contributed by atoms with van der Waals surface area (Å²) in [6.07, 6.45) is 7.72. The Morgan fingerprint density at radius 1 is 0.738 bits per heavy atom. The van der Waals surface area contributed by atoms with Crippen LogP contribution in [0.25, 0.3) is 44.9 Å². The summed E-state index contributed by atoms with van der Waals surface area (Å²) in [5.41, 5.74) is 5.12. The fourth-order valence-electron chi connectivity index (χ4n) is 8.14. The van der Waals surface area contributed by atoms with Crippen LogP contribution in [0, 0.1) is 29.1 Å². The van der Waals surface area contributed by atoms with E-state index in [1.165, 1.54) is 49.5 Å². The van der Waals surface area contributed by atoms with Crippen LogP contribution >= 0.6 is 0 Å². The minimum absolute atomic E-state index is 0.176. The number of nitriles is 1. The third kappa shape index (κ3) is 4.77. The molecule has 0 spiro atoms. The van der Waals surface area contributed by atoms with Crippen LogP contribution in [0.1, 0.15) is 63.5 Å². The second kappa shape index (κ2) is 10.8. The zero-order valence-corrected chi connectivity index (χ0v) is 24.4. The second-order valence-corrected chi connectivity index (χ2v) is 12.7. The van der Waals surface area contributed by atoms with Crippen LogP contribution in [0.4, 0.5) is 0 Å². The maximum absolute atomic E-state index is 9.91. The summed E-state index contributed by atoms with van der Waals surface area (Å²) >= 11 is 0. The predicted molar refractivity (Wildman–Crippen MR) is 170 cm³/mol. The summed E-state index contributed by atoms with van der Waals surface area (Å²) in [6, 6.07) is 33.4. The summed E-state index contributed by atoms with van der Waals surface area (Å²) in [5.74, 6) is 4.22. The van der Waals surface area contributed by atoms with Gasteiger partial charge in [0.2, 0.25) is 0 Å². The van der Waals surface area contributed by atoms with Gasteiger partial charge in [-0.25, -0.2) is 15.0 Å². The lowest BCUT2D eigenvalue weighted by atomic mass is 9.53. The molecule has 1 aromatic heterocycles. The first kappa shape index (κ1) is 26.5. The SMILES string of the molecule is CC[C@@H]1C[C@@H]2C[C@H](C)CC(c3ccc(-c4nc(-c5ccccc5)nc(-c5ccccc5)n4)c4cc(C#N)ccc34)(C1)C2. The summed E-state index contributed by atoms with van der Waals surface area (Å²) in [7, 11) is 0. The molecule has 2 aliphatic rings. The van der Waals surface area contributed by atoms with E-state index in [1.807, 2.05) is 72.8 Å². The van der Waals surface area contributed by atoms with Crippen LogP contribution < -0.4 is 0 Å². The topological polar surface area (TPSA) is 62.5 Å². The van der Waals surface area contributed by atoms with Crippen molar-refractivity contribution in [3.8, 4) is 40.2 Å². The van der Waals surface area contributed by atoms with E-state index in [9.17, 15) is 5.26 Å². The Labute approximate surface area is 248 Å². The van der Waals surface area contributed by atoms with E-state index >= 15 is 0 Å². The number of hydrogen-bond donors (Lipinski definition) is 0. The van der Waals surface area contributed by atoms with Crippen LogP contribution in [0.3, 0.4) is 0 Å². The lowest BCUT2D eigenvalue weighted by molar-refractivity contribution is 0.0712. The first-order chi connectivity index (χ1) is 20.5. The number of fused-ring (bicyclic) bond motifs is 3. The molecule has 7 rings (SSSR count). The highest BCUT2D eigenvalue weighted by atomic mass is 15.0. The Morgan fingerprint density at radius 2 is 1.40 bits per heavy atom. The van der Waals surface area contributed by atoms with Crippen molar-refractivity contribution in [2.24, 2.45) is 17.8 Å². The highest BCUT2D eigenvalue weighted by molar-refractivity contribution is 5.99. The van der Waals surface area contributed by atoms with E-state index in [2.05, 4.69) is 38.1 Å². The average Bonchev–Trinajstić information content (AvgIpc) is 3.04. The Balaban J connectivity index is 1.45. The molecule has 2 fully saturated rings. The maximum atomic E-state index is 9.91. The molecule has 42 heavy (non-hydrogen) atoms. The van der Waals surface area contributed by atoms with Crippen molar-refractivity contribution in [2.45, 2.75) is 57.8 Å². The van der Waals surface area contributed by atoms with Gasteiger partial charge >= 0.3 is 0 Å². The van der Waals surface area contributed by atoms with Crippen molar-refractivity contribution >= 4 is 10.8 Å². The summed E-state index contributed by atoms with van der Waals surface area (Å²) in [6.45, 7) is 4.80. The van der Waals surface area contributed by atoms with Crippen molar-refractivity contribution in [2.75, 3.05) is 0 Å². The van der Waals surface area contributed by atoms with Crippen LogP contribution in [-0.2, 0) is 5.41 Å². The van der Waals surface area contributed by atoms with Crippen molar-refractivity contribution in [1.82, 2.24) is 15.0 Å². The molecule has 5 aromatic rings. The van der Waals surface area contributed by atoms with Crippen LogP contribution in [0.5, 0.6) is 0 Å². The Kier molecular flexibility index (Phi) is 6.82. The van der Waals surface area contributed by atoms with Crippen molar-refractivity contribution in [3.63, 3.8) is 0 Å². The lowest BCUT2D eigenvalue weighted by Crippen LogP contribution is -2.42. The van der Waals surface area contributed by atoms with Gasteiger partial charge in [-0.1, -0.05) is 99.1 Å². The molecule has 1 heterocycles. The summed E-state index contributed by atoms with van der Waals surface area (Å²) in [5, 5.41) is 12.2. The molecule has 2 aliphatic carbocycles. The molecule has 2 saturated carbocycles. The Hall–Kier alpha value is -4.36. The molecule has 0 amide bonds. The largest absolute Gasteiger partial charge is 0.208 e. The number of aromatic nitrogens is 3. The third-order valence-corrected chi connectivity index (χ3v) is 9.74. The fraction of sp³-hybridized carbons (Fsp3) is 0.316. The smallest absolute Gasteiger partial charge is 0.164 e. The van der Waals surface area contributed by atoms with E-state index in [1.54, 1.807) is 0 Å². The minimum atomic E-state index is 0.176. The molecule has 4 heteroatoms. The molecule has 1 unspecified atom stereocenters. The first-order valence-corrected chi connectivity index (χ1v) is 15.4. The van der Waals surface area contributed by atoms with Gasteiger partial charge in [0.05, 0.1) is 11.6 Å². The third-order valence-electron chi connectivity index (χ3n) is 9.74. The van der Waals surface area contributed by atoms with Gasteiger partial charge in [0.15, 0.2) is 17.5 Å². The molecular formula is C38H36N4. The molecule has 208 valence electrons. The van der Waals surface area contributed by atoms with Gasteiger partial charge in [-0.3, -0.25) is 0 Å².